The van der Waals surface area contributed by atoms with Crippen molar-refractivity contribution in [3.05, 3.63) is 45.7 Å². The molecule has 6 nitrogen and oxygen atoms in total. The number of benzene rings is 2. The van der Waals surface area contributed by atoms with Crippen molar-refractivity contribution in [1.29, 1.82) is 0 Å². The molecule has 0 aliphatic carbocycles. The van der Waals surface area contributed by atoms with Crippen LogP contribution >= 0.6 is 22.9 Å². The maximum Gasteiger partial charge on any atom is 0.279 e. The lowest BCUT2D eigenvalue weighted by atomic mass is 10.1. The molecule has 0 saturated carbocycles. The maximum atomic E-state index is 12.8. The van der Waals surface area contributed by atoms with Gasteiger partial charge in [-0.1, -0.05) is 29.0 Å². The Labute approximate surface area is 165 Å². The molecule has 0 aliphatic heterocycles. The Hall–Kier alpha value is -2.51. The third-order valence-corrected chi connectivity index (χ3v) is 5.43. The summed E-state index contributed by atoms with van der Waals surface area (Å²) < 4.78 is 18.8. The SMILES string of the molecule is CCn1c(=NC(=O)c2cc(OC)c(OC)c(OC)c2)sc2cccc(Cl)c21. The van der Waals surface area contributed by atoms with Crippen LogP contribution in [0, 0.1) is 0 Å². The minimum Gasteiger partial charge on any atom is -0.493 e. The third-order valence-electron chi connectivity index (χ3n) is 4.08. The van der Waals surface area contributed by atoms with E-state index in [1.54, 1.807) is 12.1 Å². The number of aryl methyl sites for hydroxylation is 1. The van der Waals surface area contributed by atoms with Gasteiger partial charge in [0.2, 0.25) is 5.75 Å². The molecule has 1 aromatic heterocycles. The van der Waals surface area contributed by atoms with E-state index in [4.69, 9.17) is 25.8 Å². The second-order valence-electron chi connectivity index (χ2n) is 5.55. The average molecular weight is 407 g/mol. The Balaban J connectivity index is 2.15. The van der Waals surface area contributed by atoms with Crippen molar-refractivity contribution in [2.24, 2.45) is 4.99 Å². The lowest BCUT2D eigenvalue weighted by molar-refractivity contribution is 0.0997. The molecule has 27 heavy (non-hydrogen) atoms. The topological polar surface area (TPSA) is 62.1 Å². The van der Waals surface area contributed by atoms with E-state index in [9.17, 15) is 4.79 Å². The van der Waals surface area contributed by atoms with Crippen LogP contribution in [-0.4, -0.2) is 31.8 Å². The highest BCUT2D eigenvalue weighted by molar-refractivity contribution is 7.16. The van der Waals surface area contributed by atoms with Crippen molar-refractivity contribution in [3.8, 4) is 17.2 Å². The summed E-state index contributed by atoms with van der Waals surface area (Å²) in [5.74, 6) is 0.823. The first-order chi connectivity index (χ1) is 13.0. The van der Waals surface area contributed by atoms with E-state index in [0.29, 0.717) is 39.2 Å². The molecule has 0 aliphatic rings. The average Bonchev–Trinajstić information content (AvgIpc) is 3.04. The Morgan fingerprint density at radius 2 is 1.81 bits per heavy atom. The highest BCUT2D eigenvalue weighted by atomic mass is 35.5. The van der Waals surface area contributed by atoms with E-state index in [0.717, 1.165) is 10.2 Å². The van der Waals surface area contributed by atoms with Crippen LogP contribution in [0.15, 0.2) is 35.3 Å². The monoisotopic (exact) mass is 406 g/mol. The van der Waals surface area contributed by atoms with E-state index < -0.39 is 5.91 Å². The van der Waals surface area contributed by atoms with Gasteiger partial charge >= 0.3 is 0 Å². The molecule has 2 aromatic carbocycles. The second kappa shape index (κ2) is 8.02. The van der Waals surface area contributed by atoms with Crippen LogP contribution in [0.2, 0.25) is 5.02 Å². The van der Waals surface area contributed by atoms with Crippen LogP contribution in [0.25, 0.3) is 10.2 Å². The van der Waals surface area contributed by atoms with E-state index >= 15 is 0 Å². The first-order valence-electron chi connectivity index (χ1n) is 8.20. The fraction of sp³-hybridized carbons (Fsp3) is 0.263. The zero-order valence-electron chi connectivity index (χ0n) is 15.4. The van der Waals surface area contributed by atoms with Gasteiger partial charge in [-0.05, 0) is 31.2 Å². The van der Waals surface area contributed by atoms with Gasteiger partial charge < -0.3 is 18.8 Å². The lowest BCUT2D eigenvalue weighted by Gasteiger charge is -2.12. The third kappa shape index (κ3) is 3.52. The van der Waals surface area contributed by atoms with Gasteiger partial charge in [0.05, 0.1) is 36.6 Å². The number of halogens is 1. The van der Waals surface area contributed by atoms with Crippen LogP contribution in [-0.2, 0) is 6.54 Å². The van der Waals surface area contributed by atoms with Crippen molar-refractivity contribution < 1.29 is 19.0 Å². The molecule has 3 aromatic rings. The fourth-order valence-corrected chi connectivity index (χ4v) is 4.27. The number of carbonyl (C=O) groups is 1. The molecule has 0 fully saturated rings. The van der Waals surface area contributed by atoms with Crippen molar-refractivity contribution in [2.45, 2.75) is 13.5 Å². The predicted octanol–water partition coefficient (Wildman–Crippen LogP) is 4.14. The zero-order valence-corrected chi connectivity index (χ0v) is 17.0. The van der Waals surface area contributed by atoms with Crippen molar-refractivity contribution >= 4 is 39.1 Å². The summed E-state index contributed by atoms with van der Waals surface area (Å²) in [5, 5.41) is 0.632. The number of ether oxygens (including phenoxy) is 3. The number of nitrogens with zero attached hydrogens (tertiary/aromatic N) is 2. The molecule has 3 rings (SSSR count). The number of amides is 1. The number of aromatic nitrogens is 1. The summed E-state index contributed by atoms with van der Waals surface area (Å²) in [5.41, 5.74) is 1.22. The standard InChI is InChI=1S/C19H19ClN2O4S/c1-5-22-16-12(20)7-6-8-15(16)27-19(22)21-18(23)11-9-13(24-2)17(26-4)14(10-11)25-3/h6-10H,5H2,1-4H3. The maximum absolute atomic E-state index is 12.8. The van der Waals surface area contributed by atoms with Crippen LogP contribution in [0.5, 0.6) is 17.2 Å². The summed E-state index contributed by atoms with van der Waals surface area (Å²) >= 11 is 7.75. The van der Waals surface area contributed by atoms with Gasteiger partial charge in [-0.25, -0.2) is 0 Å². The van der Waals surface area contributed by atoms with E-state index in [-0.39, 0.29) is 0 Å². The molecule has 8 heteroatoms. The van der Waals surface area contributed by atoms with Gasteiger partial charge in [0.15, 0.2) is 16.3 Å². The van der Waals surface area contributed by atoms with Gasteiger partial charge in [0.1, 0.15) is 0 Å². The van der Waals surface area contributed by atoms with Crippen LogP contribution in [0.1, 0.15) is 17.3 Å². The number of fused-ring (bicyclic) bond motifs is 1. The fourth-order valence-electron chi connectivity index (χ4n) is 2.82. The van der Waals surface area contributed by atoms with Crippen molar-refractivity contribution in [3.63, 3.8) is 0 Å². The zero-order chi connectivity index (χ0) is 19.6. The molecule has 1 heterocycles. The first-order valence-corrected chi connectivity index (χ1v) is 9.40. The molecule has 0 saturated heterocycles. The quantitative estimate of drug-likeness (QED) is 0.638. The molecule has 0 N–H and O–H groups in total. The minimum absolute atomic E-state index is 0.343. The van der Waals surface area contributed by atoms with E-state index in [1.165, 1.54) is 32.7 Å². The number of thiazole rings is 1. The number of methoxy groups -OCH3 is 3. The molecule has 0 bridgehead atoms. The minimum atomic E-state index is -0.404. The first kappa shape index (κ1) is 19.3. The highest BCUT2D eigenvalue weighted by Gasteiger charge is 2.17. The normalized spacial score (nSPS) is 11.7. The van der Waals surface area contributed by atoms with E-state index in [1.807, 2.05) is 29.7 Å². The number of carbonyl (C=O) groups excluding carboxylic acids is 1. The van der Waals surface area contributed by atoms with Crippen molar-refractivity contribution in [1.82, 2.24) is 4.57 Å². The van der Waals surface area contributed by atoms with E-state index in [2.05, 4.69) is 4.99 Å². The van der Waals surface area contributed by atoms with Gasteiger partial charge in [-0.2, -0.15) is 4.99 Å². The summed E-state index contributed by atoms with van der Waals surface area (Å²) in [7, 11) is 4.51. The van der Waals surface area contributed by atoms with Crippen molar-refractivity contribution in [2.75, 3.05) is 21.3 Å². The number of rotatable bonds is 5. The highest BCUT2D eigenvalue weighted by Crippen LogP contribution is 2.38. The molecule has 1 amide bonds. The molecule has 0 radical (unpaired) electrons. The lowest BCUT2D eigenvalue weighted by Crippen LogP contribution is -2.16. The number of para-hydroxylation sites is 1. The van der Waals surface area contributed by atoms with Gasteiger partial charge in [0.25, 0.3) is 5.91 Å². The molecule has 142 valence electrons. The Morgan fingerprint density at radius 3 is 2.37 bits per heavy atom. The summed E-state index contributed by atoms with van der Waals surface area (Å²) in [6, 6.07) is 8.84. The largest absolute Gasteiger partial charge is 0.493 e. The smallest absolute Gasteiger partial charge is 0.279 e. The van der Waals surface area contributed by atoms with Gasteiger partial charge in [0, 0.05) is 12.1 Å². The van der Waals surface area contributed by atoms with Crippen LogP contribution < -0.4 is 19.0 Å². The number of hydrogen-bond acceptors (Lipinski definition) is 5. The number of hydrogen-bond donors (Lipinski definition) is 0. The molecular formula is C19H19ClN2O4S. The van der Waals surface area contributed by atoms with Gasteiger partial charge in [-0.3, -0.25) is 4.79 Å². The summed E-state index contributed by atoms with van der Waals surface area (Å²) in [6.07, 6.45) is 0. The summed E-state index contributed by atoms with van der Waals surface area (Å²) in [4.78, 5) is 17.7. The second-order valence-corrected chi connectivity index (χ2v) is 6.96. The molecule has 0 spiro atoms. The Kier molecular flexibility index (Phi) is 5.72. The Morgan fingerprint density at radius 1 is 1.15 bits per heavy atom. The predicted molar refractivity (Wildman–Crippen MR) is 106 cm³/mol. The molecular weight excluding hydrogens is 388 g/mol. The van der Waals surface area contributed by atoms with Crippen LogP contribution in [0.3, 0.4) is 0 Å². The molecule has 0 atom stereocenters. The summed E-state index contributed by atoms with van der Waals surface area (Å²) in [6.45, 7) is 2.63. The molecule has 0 unspecified atom stereocenters. The van der Waals surface area contributed by atoms with Crippen LogP contribution in [0.4, 0.5) is 0 Å². The van der Waals surface area contributed by atoms with Gasteiger partial charge in [-0.15, -0.1) is 0 Å². The Bertz CT molecular complexity index is 1050.